The van der Waals surface area contributed by atoms with Crippen LogP contribution in [0.3, 0.4) is 0 Å². The van der Waals surface area contributed by atoms with Crippen molar-refractivity contribution >= 4 is 24.4 Å². The molecule has 3 aliphatic heterocycles. The lowest BCUT2D eigenvalue weighted by atomic mass is 10.1. The third kappa shape index (κ3) is 6.99. The molecule has 0 amide bonds. The molecule has 0 unspecified atom stereocenters. The van der Waals surface area contributed by atoms with Gasteiger partial charge in [-0.1, -0.05) is 0 Å². The minimum absolute atomic E-state index is 0.723. The van der Waals surface area contributed by atoms with E-state index in [1.807, 2.05) is 36.4 Å². The molecule has 0 N–H and O–H groups in total. The summed E-state index contributed by atoms with van der Waals surface area (Å²) in [5, 5.41) is 0. The molecule has 0 spiro atoms. The molecular formula is C33H42BN3O3. The van der Waals surface area contributed by atoms with E-state index in [9.17, 15) is 0 Å². The summed E-state index contributed by atoms with van der Waals surface area (Å²) < 4.78 is 18.8. The number of hydrogen-bond donors (Lipinski definition) is 0. The summed E-state index contributed by atoms with van der Waals surface area (Å²) in [5.74, 6) is 2.17. The molecule has 7 heteroatoms. The first-order valence-electron chi connectivity index (χ1n) is 15.4. The molecular weight excluding hydrogens is 497 g/mol. The second kappa shape index (κ2) is 13.3. The Morgan fingerprint density at radius 1 is 0.350 bits per heavy atom. The van der Waals surface area contributed by atoms with Crippen LogP contribution in [0.4, 0.5) is 17.1 Å². The van der Waals surface area contributed by atoms with Crippen LogP contribution in [0.1, 0.15) is 57.8 Å². The number of rotatable bonds is 9. The quantitative estimate of drug-likeness (QED) is 0.268. The molecule has 0 aromatic heterocycles. The van der Waals surface area contributed by atoms with Crippen LogP contribution in [0.5, 0.6) is 17.2 Å². The topological polar surface area (TPSA) is 37.4 Å². The lowest BCUT2D eigenvalue weighted by Gasteiger charge is -2.29. The van der Waals surface area contributed by atoms with E-state index in [2.05, 4.69) is 51.1 Å². The third-order valence-electron chi connectivity index (χ3n) is 8.37. The molecule has 3 aromatic rings. The first-order chi connectivity index (χ1) is 19.8. The average Bonchev–Trinajstić information content (AvgIpc) is 3.03. The average molecular weight is 540 g/mol. The minimum atomic E-state index is -0.914. The highest BCUT2D eigenvalue weighted by atomic mass is 16.7. The van der Waals surface area contributed by atoms with Crippen molar-refractivity contribution in [2.75, 3.05) is 54.0 Å². The van der Waals surface area contributed by atoms with Crippen molar-refractivity contribution in [3.63, 3.8) is 0 Å². The lowest BCUT2D eigenvalue weighted by molar-refractivity contribution is 0.307. The van der Waals surface area contributed by atoms with E-state index < -0.39 is 7.32 Å². The van der Waals surface area contributed by atoms with E-state index in [0.29, 0.717) is 0 Å². The number of hydrogen-bond acceptors (Lipinski definition) is 6. The van der Waals surface area contributed by atoms with Crippen LogP contribution in [0.2, 0.25) is 0 Å². The monoisotopic (exact) mass is 539 g/mol. The van der Waals surface area contributed by atoms with Gasteiger partial charge in [-0.2, -0.15) is 0 Å². The zero-order valence-electron chi connectivity index (χ0n) is 23.7. The van der Waals surface area contributed by atoms with Crippen molar-refractivity contribution in [2.45, 2.75) is 57.8 Å². The highest BCUT2D eigenvalue weighted by Gasteiger charge is 2.30. The summed E-state index contributed by atoms with van der Waals surface area (Å²) in [6.07, 6.45) is 11.5. The molecule has 6 nitrogen and oxygen atoms in total. The fraction of sp³-hybridized carbons (Fsp3) is 0.455. The summed E-state index contributed by atoms with van der Waals surface area (Å²) >= 11 is 0. The van der Waals surface area contributed by atoms with Crippen LogP contribution in [0, 0.1) is 0 Å². The number of benzene rings is 3. The van der Waals surface area contributed by atoms with Gasteiger partial charge < -0.3 is 28.7 Å². The van der Waals surface area contributed by atoms with Gasteiger partial charge >= 0.3 is 7.32 Å². The molecule has 0 saturated carbocycles. The largest absolute Gasteiger partial charge is 0.864 e. The highest BCUT2D eigenvalue weighted by molar-refractivity contribution is 6.39. The Labute approximate surface area is 240 Å². The van der Waals surface area contributed by atoms with Gasteiger partial charge in [-0.05, 0) is 131 Å². The Morgan fingerprint density at radius 2 is 0.600 bits per heavy atom. The third-order valence-corrected chi connectivity index (χ3v) is 8.37. The van der Waals surface area contributed by atoms with E-state index in [0.717, 1.165) is 56.5 Å². The molecule has 210 valence electrons. The zero-order chi connectivity index (χ0) is 27.0. The van der Waals surface area contributed by atoms with Crippen molar-refractivity contribution in [2.24, 2.45) is 0 Å². The van der Waals surface area contributed by atoms with Crippen molar-refractivity contribution in [3.05, 3.63) is 72.8 Å². The van der Waals surface area contributed by atoms with Crippen molar-refractivity contribution in [1.29, 1.82) is 0 Å². The van der Waals surface area contributed by atoms with Gasteiger partial charge in [0.1, 0.15) is 17.2 Å². The normalized spacial score (nSPS) is 17.9. The Balaban J connectivity index is 1.15. The number of nitrogens with zero attached hydrogens (tertiary/aromatic N) is 3. The first-order valence-corrected chi connectivity index (χ1v) is 15.4. The predicted octanol–water partition coefficient (Wildman–Crippen LogP) is 7.18. The number of piperidine rings is 3. The van der Waals surface area contributed by atoms with Gasteiger partial charge in [0, 0.05) is 56.3 Å². The molecule has 0 bridgehead atoms. The smallest absolute Gasteiger partial charge is 0.490 e. The summed E-state index contributed by atoms with van der Waals surface area (Å²) in [4.78, 5) is 7.35. The fourth-order valence-electron chi connectivity index (χ4n) is 6.07. The van der Waals surface area contributed by atoms with Gasteiger partial charge in [0.25, 0.3) is 0 Å². The predicted molar refractivity (Wildman–Crippen MR) is 165 cm³/mol. The van der Waals surface area contributed by atoms with Crippen LogP contribution in [0.25, 0.3) is 0 Å². The molecule has 3 aliphatic rings. The Bertz CT molecular complexity index is 1020. The van der Waals surface area contributed by atoms with Crippen LogP contribution >= 0.6 is 0 Å². The molecule has 3 fully saturated rings. The van der Waals surface area contributed by atoms with Gasteiger partial charge in [-0.3, -0.25) is 0 Å². The zero-order valence-corrected chi connectivity index (χ0v) is 23.7. The van der Waals surface area contributed by atoms with Gasteiger partial charge in [0.2, 0.25) is 0 Å². The first kappa shape index (κ1) is 26.7. The summed E-state index contributed by atoms with van der Waals surface area (Å²) in [7, 11) is -0.914. The minimum Gasteiger partial charge on any atom is -0.490 e. The van der Waals surface area contributed by atoms with Crippen LogP contribution in [0.15, 0.2) is 72.8 Å². The Morgan fingerprint density at radius 3 is 0.850 bits per heavy atom. The van der Waals surface area contributed by atoms with Gasteiger partial charge in [0.15, 0.2) is 0 Å². The maximum absolute atomic E-state index is 6.27. The van der Waals surface area contributed by atoms with Crippen molar-refractivity contribution in [3.8, 4) is 17.2 Å². The molecule has 0 aliphatic carbocycles. The highest BCUT2D eigenvalue weighted by Crippen LogP contribution is 2.27. The standard InChI is InChI=1S/C33H42BN3O3/c1-4-22-35(23-5-1)28-10-16-31(17-11-28)38-34(39-32-18-12-29(13-19-32)36-24-6-2-7-25-36)40-33-20-14-30(15-21-33)37-26-8-3-9-27-37/h10-21H,1-9,22-27H2. The van der Waals surface area contributed by atoms with Gasteiger partial charge in [-0.25, -0.2) is 0 Å². The second-order valence-electron chi connectivity index (χ2n) is 11.3. The molecule has 3 aromatic carbocycles. The number of anilines is 3. The summed E-state index contributed by atoms with van der Waals surface area (Å²) in [5.41, 5.74) is 3.73. The second-order valence-corrected chi connectivity index (χ2v) is 11.3. The molecule has 3 heterocycles. The SMILES string of the molecule is c1cc(N2CCCCC2)ccc1OB(Oc1ccc(N2CCCCC2)cc1)Oc1ccc(N2CCCCC2)cc1. The van der Waals surface area contributed by atoms with E-state index in [-0.39, 0.29) is 0 Å². The fourth-order valence-corrected chi connectivity index (χ4v) is 6.07. The lowest BCUT2D eigenvalue weighted by Crippen LogP contribution is -2.37. The van der Waals surface area contributed by atoms with E-state index in [1.165, 1.54) is 74.8 Å². The van der Waals surface area contributed by atoms with E-state index >= 15 is 0 Å². The maximum Gasteiger partial charge on any atom is 0.864 e. The molecule has 40 heavy (non-hydrogen) atoms. The summed E-state index contributed by atoms with van der Waals surface area (Å²) in [6.45, 7) is 6.73. The van der Waals surface area contributed by atoms with Gasteiger partial charge in [-0.15, -0.1) is 0 Å². The summed E-state index contributed by atoms with van der Waals surface area (Å²) in [6, 6.07) is 24.9. The van der Waals surface area contributed by atoms with E-state index in [4.69, 9.17) is 14.0 Å². The van der Waals surface area contributed by atoms with Gasteiger partial charge in [0.05, 0.1) is 0 Å². The maximum atomic E-state index is 6.27. The van der Waals surface area contributed by atoms with Crippen LogP contribution in [-0.4, -0.2) is 46.6 Å². The Kier molecular flexibility index (Phi) is 8.86. The molecule has 6 rings (SSSR count). The Hall–Kier alpha value is -3.48. The van der Waals surface area contributed by atoms with E-state index in [1.54, 1.807) is 0 Å². The molecule has 3 saturated heterocycles. The van der Waals surface area contributed by atoms with Crippen molar-refractivity contribution in [1.82, 2.24) is 0 Å². The van der Waals surface area contributed by atoms with Crippen LogP contribution in [-0.2, 0) is 0 Å². The van der Waals surface area contributed by atoms with Crippen molar-refractivity contribution < 1.29 is 14.0 Å². The molecule has 0 radical (unpaired) electrons. The molecule has 0 atom stereocenters. The van der Waals surface area contributed by atoms with Crippen LogP contribution < -0.4 is 28.7 Å².